The molecule has 4 unspecified atom stereocenters. The fourth-order valence-corrected chi connectivity index (χ4v) is 13.4. The van der Waals surface area contributed by atoms with Gasteiger partial charge in [0.2, 0.25) is 0 Å². The summed E-state index contributed by atoms with van der Waals surface area (Å²) >= 11 is 0. The van der Waals surface area contributed by atoms with Crippen LogP contribution in [-0.2, 0) is 31.5 Å². The van der Waals surface area contributed by atoms with Crippen LogP contribution >= 0.6 is 0 Å². The van der Waals surface area contributed by atoms with Crippen LogP contribution in [0.1, 0.15) is 67.5 Å². The number of aryl methyl sites for hydroxylation is 1. The summed E-state index contributed by atoms with van der Waals surface area (Å²) < 4.78 is 20.3. The van der Waals surface area contributed by atoms with Gasteiger partial charge in [-0.05, 0) is 74.8 Å². The average molecular weight is 703 g/mol. The van der Waals surface area contributed by atoms with Crippen LogP contribution < -0.4 is 9.64 Å². The second kappa shape index (κ2) is 11.2. The van der Waals surface area contributed by atoms with Gasteiger partial charge in [0.05, 0.1) is 45.2 Å². The van der Waals surface area contributed by atoms with E-state index >= 15 is 0 Å². The second-order valence-electron chi connectivity index (χ2n) is 16.5. The minimum atomic E-state index is -0.415. The van der Waals surface area contributed by atoms with Crippen molar-refractivity contribution in [3.05, 3.63) is 82.1 Å². The van der Waals surface area contributed by atoms with Crippen molar-refractivity contribution in [2.24, 2.45) is 30.7 Å². The van der Waals surface area contributed by atoms with Crippen molar-refractivity contribution in [3.8, 4) is 5.75 Å². The Labute approximate surface area is 306 Å². The van der Waals surface area contributed by atoms with Crippen molar-refractivity contribution in [2.75, 3.05) is 52.9 Å². The number of rotatable bonds is 4. The zero-order chi connectivity index (χ0) is 36.0. The number of carbonyl (C=O) groups excluding carboxylic acids is 2. The monoisotopic (exact) mass is 702 g/mol. The van der Waals surface area contributed by atoms with Crippen LogP contribution in [0.3, 0.4) is 0 Å². The second-order valence-corrected chi connectivity index (χ2v) is 16.5. The van der Waals surface area contributed by atoms with Gasteiger partial charge in [0.15, 0.2) is 0 Å². The van der Waals surface area contributed by atoms with Crippen molar-refractivity contribution >= 4 is 28.5 Å². The quantitative estimate of drug-likeness (QED) is 0.253. The minimum Gasteiger partial charge on any atom is -0.496 e. The molecule has 272 valence electrons. The lowest BCUT2D eigenvalue weighted by molar-refractivity contribution is -0.159. The van der Waals surface area contributed by atoms with Gasteiger partial charge in [0, 0.05) is 84.5 Å². The largest absolute Gasteiger partial charge is 0.496 e. The van der Waals surface area contributed by atoms with Crippen molar-refractivity contribution in [2.45, 2.75) is 68.6 Å². The van der Waals surface area contributed by atoms with E-state index in [0.29, 0.717) is 6.04 Å². The standard InChI is InChI=1S/C43H50N4O5/c1-8-22-20-46-15-14-43-28-16-27(33(50-5)19-30(28)45(4)40(43)32(46)18-26(22)37(43)42(49)52-7)35-34-24-12-10-11-13-29(24)44(3)38(34)31-17-25-23(9-2)21-47(31)39(35)36(25)41(48)51-6/h8-13,16,19,25-26,31-32,35-37,39-40H,14-15,17-18,20-21H2,1-7H3/b22-8-,23-9-/t25-,26-,31?,32-,35-,36?,37?,39-,40-,43-/m0/s1. The molecule has 7 bridgehead atoms. The molecule has 1 aromatic heterocycles. The number of fused-ring (bicyclic) bond motifs is 6. The van der Waals surface area contributed by atoms with Gasteiger partial charge in [0.1, 0.15) is 5.75 Å². The molecule has 0 N–H and O–H groups in total. The number of anilines is 1. The van der Waals surface area contributed by atoms with Gasteiger partial charge in [-0.15, -0.1) is 0 Å². The number of benzene rings is 2. The van der Waals surface area contributed by atoms with E-state index in [1.54, 1.807) is 14.2 Å². The molecule has 8 heterocycles. The highest BCUT2D eigenvalue weighted by atomic mass is 16.5. The van der Waals surface area contributed by atoms with Gasteiger partial charge in [0.25, 0.3) is 0 Å². The molecule has 3 aromatic rings. The number of nitrogens with zero attached hydrogens (tertiary/aromatic N) is 4. The van der Waals surface area contributed by atoms with Crippen LogP contribution in [0.15, 0.2) is 59.7 Å². The number of piperidine rings is 5. The number of para-hydroxylation sites is 1. The Hall–Kier alpha value is -4.08. The molecule has 6 fully saturated rings. The number of hydrogen-bond acceptors (Lipinski definition) is 8. The predicted octanol–water partition coefficient (Wildman–Crippen LogP) is 5.71. The molecule has 11 atom stereocenters. The number of hydrogen-bond donors (Lipinski definition) is 0. The Morgan fingerprint density at radius 2 is 1.67 bits per heavy atom. The first-order chi connectivity index (χ1) is 25.2. The topological polar surface area (TPSA) is 76.5 Å². The summed E-state index contributed by atoms with van der Waals surface area (Å²) in [4.78, 5) is 36.1. The van der Waals surface area contributed by atoms with Crippen LogP contribution in [0.5, 0.6) is 5.75 Å². The molecule has 0 spiro atoms. The highest BCUT2D eigenvalue weighted by molar-refractivity contribution is 5.89. The van der Waals surface area contributed by atoms with Crippen LogP contribution in [0.25, 0.3) is 10.9 Å². The van der Waals surface area contributed by atoms with Gasteiger partial charge in [-0.2, -0.15) is 0 Å². The zero-order valence-corrected chi connectivity index (χ0v) is 31.4. The Balaban J connectivity index is 1.26. The van der Waals surface area contributed by atoms with Crippen molar-refractivity contribution in [1.82, 2.24) is 14.4 Å². The van der Waals surface area contributed by atoms with E-state index in [4.69, 9.17) is 14.2 Å². The number of esters is 2. The third-order valence-corrected chi connectivity index (χ3v) is 15.2. The molecule has 9 nitrogen and oxygen atoms in total. The molecule has 1 aliphatic carbocycles. The number of aromatic nitrogens is 1. The molecule has 0 amide bonds. The molecule has 8 aliphatic rings. The normalized spacial score (nSPS) is 38.0. The van der Waals surface area contributed by atoms with E-state index < -0.39 is 5.41 Å². The smallest absolute Gasteiger partial charge is 0.310 e. The van der Waals surface area contributed by atoms with Gasteiger partial charge in [-0.3, -0.25) is 19.4 Å². The lowest BCUT2D eigenvalue weighted by Gasteiger charge is -2.63. The molecule has 52 heavy (non-hydrogen) atoms. The number of ether oxygens (including phenoxy) is 3. The van der Waals surface area contributed by atoms with Crippen molar-refractivity contribution < 1.29 is 23.8 Å². The maximum atomic E-state index is 14.3. The SMILES string of the molecule is C/C=C1/CN2C3C[C@@H]1C(C(=O)OC)[C@@H]2[C@@H](c1cc2c(cc1OC)N(C)[C@H]1[C@@H]4C[C@H]5/C(=C\C)CN4CC[C@@]21C5C(=O)OC)c1c3n(C)c2ccccc12. The number of allylic oxidation sites excluding steroid dienone is 2. The molecular weight excluding hydrogens is 652 g/mol. The third-order valence-electron chi connectivity index (χ3n) is 15.2. The number of methoxy groups -OCH3 is 3. The van der Waals surface area contributed by atoms with Crippen LogP contribution in [0.2, 0.25) is 0 Å². The maximum Gasteiger partial charge on any atom is 0.310 e. The summed E-state index contributed by atoms with van der Waals surface area (Å²) in [6.45, 7) is 6.93. The fraction of sp³-hybridized carbons (Fsp3) is 0.535. The van der Waals surface area contributed by atoms with Crippen LogP contribution in [0.4, 0.5) is 5.69 Å². The van der Waals surface area contributed by atoms with E-state index in [1.807, 2.05) is 0 Å². The molecule has 11 rings (SSSR count). The van der Waals surface area contributed by atoms with E-state index in [9.17, 15) is 9.59 Å². The summed E-state index contributed by atoms with van der Waals surface area (Å²) in [5, 5.41) is 1.23. The molecule has 2 aromatic carbocycles. The Bertz CT molecular complexity index is 2120. The lowest BCUT2D eigenvalue weighted by Crippen LogP contribution is -2.72. The summed E-state index contributed by atoms with van der Waals surface area (Å²) in [5.41, 5.74) is 9.61. The summed E-state index contributed by atoms with van der Waals surface area (Å²) in [5.74, 6) is 0.0874. The molecule has 0 radical (unpaired) electrons. The number of carbonyl (C=O) groups is 2. The van der Waals surface area contributed by atoms with Crippen LogP contribution in [0, 0.1) is 23.7 Å². The zero-order valence-electron chi connectivity index (χ0n) is 31.4. The minimum absolute atomic E-state index is 0.0982. The van der Waals surface area contributed by atoms with E-state index in [2.05, 4.69) is 95.8 Å². The Morgan fingerprint density at radius 3 is 2.40 bits per heavy atom. The van der Waals surface area contributed by atoms with Crippen molar-refractivity contribution in [3.63, 3.8) is 0 Å². The van der Waals surface area contributed by atoms with E-state index in [0.717, 1.165) is 55.9 Å². The van der Waals surface area contributed by atoms with Gasteiger partial charge >= 0.3 is 11.9 Å². The van der Waals surface area contributed by atoms with Crippen molar-refractivity contribution in [1.29, 1.82) is 0 Å². The molecule has 1 saturated carbocycles. The predicted molar refractivity (Wildman–Crippen MR) is 200 cm³/mol. The first kappa shape index (κ1) is 32.6. The molecular formula is C43H50N4O5. The lowest BCUT2D eigenvalue weighted by atomic mass is 9.50. The molecule has 9 heteroatoms. The average Bonchev–Trinajstić information content (AvgIpc) is 3.61. The van der Waals surface area contributed by atoms with E-state index in [-0.39, 0.29) is 59.7 Å². The highest BCUT2D eigenvalue weighted by Crippen LogP contribution is 2.66. The van der Waals surface area contributed by atoms with Crippen LogP contribution in [-0.4, -0.2) is 92.4 Å². The number of likely N-dealkylation sites (N-methyl/N-ethyl adjacent to an activating group) is 1. The summed E-state index contributed by atoms with van der Waals surface area (Å²) in [6, 6.07) is 14.0. The first-order valence-electron chi connectivity index (χ1n) is 19.2. The first-order valence-corrected chi connectivity index (χ1v) is 19.2. The van der Waals surface area contributed by atoms with E-state index in [1.165, 1.54) is 46.0 Å². The molecule has 7 aliphatic heterocycles. The van der Waals surface area contributed by atoms with Gasteiger partial charge in [-0.25, -0.2) is 0 Å². The maximum absolute atomic E-state index is 14.3. The fourth-order valence-electron chi connectivity index (χ4n) is 13.4. The summed E-state index contributed by atoms with van der Waals surface area (Å²) in [6.07, 6.45) is 7.22. The Kier molecular flexibility index (Phi) is 7.02. The van der Waals surface area contributed by atoms with Gasteiger partial charge < -0.3 is 23.7 Å². The Morgan fingerprint density at radius 1 is 0.923 bits per heavy atom. The van der Waals surface area contributed by atoms with Gasteiger partial charge in [-0.1, -0.05) is 41.5 Å². The highest BCUT2D eigenvalue weighted by Gasteiger charge is 2.69. The third kappa shape index (κ3) is 3.76. The molecule has 5 saturated heterocycles. The summed E-state index contributed by atoms with van der Waals surface area (Å²) in [7, 11) is 9.31.